The second kappa shape index (κ2) is 7.02. The van der Waals surface area contributed by atoms with Gasteiger partial charge in [0.25, 0.3) is 5.91 Å². The third kappa shape index (κ3) is 3.36. The number of hydrogen-bond acceptors (Lipinski definition) is 4. The van der Waals surface area contributed by atoms with Crippen molar-refractivity contribution in [1.29, 1.82) is 0 Å². The van der Waals surface area contributed by atoms with E-state index in [0.29, 0.717) is 5.56 Å². The summed E-state index contributed by atoms with van der Waals surface area (Å²) < 4.78 is 47.4. The molecule has 1 aliphatic carbocycles. The van der Waals surface area contributed by atoms with E-state index in [1.165, 1.54) is 12.2 Å². The summed E-state index contributed by atoms with van der Waals surface area (Å²) in [7, 11) is 1.04. The Bertz CT molecular complexity index is 831. The smallest absolute Gasteiger partial charge is 0.364 e. The molecule has 1 heterocycles. The van der Waals surface area contributed by atoms with Gasteiger partial charge in [0.05, 0.1) is 4.91 Å². The van der Waals surface area contributed by atoms with Crippen molar-refractivity contribution in [3.05, 3.63) is 70.7 Å². The van der Waals surface area contributed by atoms with Crippen LogP contribution in [0.1, 0.15) is 11.5 Å². The third-order valence-electron chi connectivity index (χ3n) is 4.20. The fraction of sp³-hybridized carbons (Fsp3) is 0.222. The summed E-state index contributed by atoms with van der Waals surface area (Å²) in [6.07, 6.45) is 0.762. The summed E-state index contributed by atoms with van der Waals surface area (Å²) in [4.78, 5) is 12.0. The van der Waals surface area contributed by atoms with Gasteiger partial charge in [0.15, 0.2) is 5.60 Å². The number of amides is 1. The molecule has 1 amide bonds. The highest BCUT2D eigenvalue weighted by molar-refractivity contribution is 8.26. The molecule has 1 N–H and O–H groups in total. The molecule has 0 spiro atoms. The van der Waals surface area contributed by atoms with Crippen molar-refractivity contribution in [3.63, 3.8) is 0 Å². The zero-order valence-corrected chi connectivity index (χ0v) is 15.2. The predicted octanol–water partition coefficient (Wildman–Crippen LogP) is 4.25. The molecule has 2 atom stereocenters. The van der Waals surface area contributed by atoms with Gasteiger partial charge >= 0.3 is 6.18 Å². The van der Waals surface area contributed by atoms with Gasteiger partial charge in [0.2, 0.25) is 0 Å². The van der Waals surface area contributed by atoms with Gasteiger partial charge in [-0.3, -0.25) is 4.79 Å². The monoisotopic (exact) mass is 397 g/mol. The minimum Gasteiger partial charge on any atom is -0.364 e. The van der Waals surface area contributed by atoms with Crippen molar-refractivity contribution < 1.29 is 22.7 Å². The Kier molecular flexibility index (Phi) is 5.09. The summed E-state index contributed by atoms with van der Waals surface area (Å²) in [6, 6.07) is 8.36. The summed E-state index contributed by atoms with van der Waals surface area (Å²) in [5.74, 6) is -1.46. The quantitative estimate of drug-likeness (QED) is 0.612. The van der Waals surface area contributed by atoms with E-state index >= 15 is 0 Å². The van der Waals surface area contributed by atoms with Gasteiger partial charge in [-0.05, 0) is 23.3 Å². The number of methoxy groups -OCH3 is 1. The largest absolute Gasteiger partial charge is 0.422 e. The molecule has 1 fully saturated rings. The Morgan fingerprint density at radius 3 is 2.54 bits per heavy atom. The van der Waals surface area contributed by atoms with E-state index in [1.807, 2.05) is 0 Å². The molecular formula is C18H14F3NO2S2. The van der Waals surface area contributed by atoms with Crippen molar-refractivity contribution in [2.45, 2.75) is 17.7 Å². The van der Waals surface area contributed by atoms with Crippen molar-refractivity contribution >= 4 is 34.2 Å². The number of nitrogens with one attached hydrogen (secondary N) is 1. The number of halogens is 3. The van der Waals surface area contributed by atoms with Crippen LogP contribution in [0.5, 0.6) is 0 Å². The molecule has 3 rings (SSSR count). The van der Waals surface area contributed by atoms with E-state index in [1.54, 1.807) is 36.4 Å². The minimum atomic E-state index is -4.66. The maximum Gasteiger partial charge on any atom is 0.422 e. The molecule has 0 aromatic heterocycles. The van der Waals surface area contributed by atoms with Gasteiger partial charge in [0.1, 0.15) is 4.32 Å². The zero-order chi connectivity index (χ0) is 18.9. The number of alkyl halides is 3. The first-order chi connectivity index (χ1) is 12.3. The summed E-state index contributed by atoms with van der Waals surface area (Å²) >= 11 is 5.91. The van der Waals surface area contributed by atoms with E-state index in [2.05, 4.69) is 5.32 Å². The van der Waals surface area contributed by atoms with Crippen molar-refractivity contribution in [2.75, 3.05) is 7.11 Å². The van der Waals surface area contributed by atoms with Crippen LogP contribution in [-0.2, 0) is 9.53 Å². The molecule has 26 heavy (non-hydrogen) atoms. The zero-order valence-electron chi connectivity index (χ0n) is 13.5. The maximum atomic E-state index is 14.0. The third-order valence-corrected chi connectivity index (χ3v) is 5.37. The van der Waals surface area contributed by atoms with Gasteiger partial charge in [-0.15, -0.1) is 0 Å². The average molecular weight is 397 g/mol. The lowest BCUT2D eigenvalue weighted by molar-refractivity contribution is -0.254. The Balaban J connectivity index is 2.07. The van der Waals surface area contributed by atoms with E-state index in [4.69, 9.17) is 17.0 Å². The van der Waals surface area contributed by atoms with Crippen LogP contribution in [0.2, 0.25) is 0 Å². The number of allylic oxidation sites excluding steroid dienone is 3. The first-order valence-corrected chi connectivity index (χ1v) is 8.82. The highest BCUT2D eigenvalue weighted by Gasteiger charge is 2.59. The molecule has 1 saturated heterocycles. The molecule has 0 bridgehead atoms. The predicted molar refractivity (Wildman–Crippen MR) is 98.6 cm³/mol. The van der Waals surface area contributed by atoms with Crippen molar-refractivity contribution in [1.82, 2.24) is 5.32 Å². The molecule has 2 aliphatic rings. The van der Waals surface area contributed by atoms with Crippen molar-refractivity contribution in [2.24, 2.45) is 0 Å². The van der Waals surface area contributed by atoms with E-state index in [9.17, 15) is 18.0 Å². The van der Waals surface area contributed by atoms with Gasteiger partial charge in [-0.1, -0.05) is 66.5 Å². The summed E-state index contributed by atoms with van der Waals surface area (Å²) in [5.41, 5.74) is -1.81. The molecule has 1 aromatic rings. The van der Waals surface area contributed by atoms with Crippen LogP contribution < -0.4 is 5.32 Å². The normalized spacial score (nSPS) is 27.6. The van der Waals surface area contributed by atoms with Crippen LogP contribution in [0.4, 0.5) is 13.2 Å². The van der Waals surface area contributed by atoms with Crippen LogP contribution in [0.15, 0.2) is 65.1 Å². The number of rotatable bonds is 3. The highest BCUT2D eigenvalue weighted by atomic mass is 32.2. The number of thioether (sulfide) groups is 1. The van der Waals surface area contributed by atoms with E-state index in [0.717, 1.165) is 24.9 Å². The molecule has 136 valence electrons. The van der Waals surface area contributed by atoms with Gasteiger partial charge in [-0.2, -0.15) is 13.2 Å². The second-order valence-corrected chi connectivity index (χ2v) is 7.46. The fourth-order valence-electron chi connectivity index (χ4n) is 2.98. The summed E-state index contributed by atoms with van der Waals surface area (Å²) in [6.45, 7) is 0. The molecule has 0 radical (unpaired) electrons. The number of thiocarbonyl (C=S) groups is 1. The van der Waals surface area contributed by atoms with E-state index in [-0.39, 0.29) is 14.8 Å². The number of ether oxygens (including phenoxy) is 1. The molecule has 8 heteroatoms. The van der Waals surface area contributed by atoms with Crippen molar-refractivity contribution in [3.8, 4) is 0 Å². The second-order valence-electron chi connectivity index (χ2n) is 5.74. The van der Waals surface area contributed by atoms with Crippen LogP contribution in [0.3, 0.4) is 0 Å². The maximum absolute atomic E-state index is 14.0. The first-order valence-electron chi connectivity index (χ1n) is 7.59. The lowest BCUT2D eigenvalue weighted by atomic mass is 9.76. The average Bonchev–Trinajstić information content (AvgIpc) is 2.91. The lowest BCUT2D eigenvalue weighted by Gasteiger charge is -2.39. The Morgan fingerprint density at radius 1 is 1.31 bits per heavy atom. The van der Waals surface area contributed by atoms with E-state index < -0.39 is 23.6 Å². The number of carbonyl (C=O) groups excluding carboxylic acids is 1. The molecule has 1 aromatic carbocycles. The van der Waals surface area contributed by atoms with Crippen LogP contribution in [0, 0.1) is 0 Å². The molecule has 3 nitrogen and oxygen atoms in total. The molecule has 0 saturated carbocycles. The molecule has 1 aliphatic heterocycles. The van der Waals surface area contributed by atoms with Crippen LogP contribution in [0.25, 0.3) is 0 Å². The highest BCUT2D eigenvalue weighted by Crippen LogP contribution is 2.48. The standard InChI is InChI=1S/C18H14F3NO2S2/c1-24-17(18(19,20)21)10-11(9-14-15(23)22-16(25)26-14)7-8-13(17)12-5-3-2-4-6-12/h2-10,13H,1H3,(H,22,23,25)/b14-9+. The lowest BCUT2D eigenvalue weighted by Crippen LogP contribution is -2.50. The van der Waals surface area contributed by atoms with Crippen LogP contribution in [-0.4, -0.2) is 29.1 Å². The molecule has 2 unspecified atom stereocenters. The fourth-order valence-corrected chi connectivity index (χ4v) is 4.02. The SMILES string of the molecule is COC1(C(F)(F)F)C=C(/C=C2/SC(=S)NC2=O)C=CC1c1ccccc1. The Morgan fingerprint density at radius 2 is 2.00 bits per heavy atom. The van der Waals surface area contributed by atoms with Gasteiger partial charge < -0.3 is 10.1 Å². The van der Waals surface area contributed by atoms with Gasteiger partial charge in [0, 0.05) is 13.0 Å². The number of hydrogen-bond donors (Lipinski definition) is 1. The first kappa shape index (κ1) is 18.9. The topological polar surface area (TPSA) is 38.3 Å². The summed E-state index contributed by atoms with van der Waals surface area (Å²) in [5, 5.41) is 2.44. The minimum absolute atomic E-state index is 0.235. The Hall–Kier alpha value is -1.90. The Labute approximate surface area is 158 Å². The molecular weight excluding hydrogens is 383 g/mol. The number of carbonyl (C=O) groups is 1. The number of benzene rings is 1. The van der Waals surface area contributed by atoms with Gasteiger partial charge in [-0.25, -0.2) is 0 Å². The van der Waals surface area contributed by atoms with Crippen LogP contribution >= 0.6 is 24.0 Å².